The molecule has 0 radical (unpaired) electrons. The maximum atomic E-state index is 14.8. The first-order chi connectivity index (χ1) is 25.1. The van der Waals surface area contributed by atoms with Crippen LogP contribution in [0.4, 0.5) is 0 Å². The summed E-state index contributed by atoms with van der Waals surface area (Å²) in [6.45, 7) is 5.06. The zero-order valence-corrected chi connectivity index (χ0v) is 30.2. The maximum Gasteiger partial charge on any atom is 0.341 e. The Morgan fingerprint density at radius 1 is 1.02 bits per heavy atom. The number of carbonyl (C=O) groups excluding carboxylic acids is 4. The molecule has 16 heteroatoms. The van der Waals surface area contributed by atoms with Gasteiger partial charge in [-0.15, -0.1) is 0 Å². The fourth-order valence-electron chi connectivity index (χ4n) is 8.19. The lowest BCUT2D eigenvalue weighted by Gasteiger charge is -2.53. The highest BCUT2D eigenvalue weighted by molar-refractivity contribution is 6.31. The molecule has 1 saturated heterocycles. The molecule has 4 aliphatic rings. The van der Waals surface area contributed by atoms with Crippen LogP contribution in [0.25, 0.3) is 0 Å². The summed E-state index contributed by atoms with van der Waals surface area (Å²) in [5, 5.41) is 61.5. The number of ether oxygens (including phenoxy) is 5. The van der Waals surface area contributed by atoms with Crippen molar-refractivity contribution in [2.45, 2.75) is 69.0 Å². The number of hydrogen-bond donors (Lipinski definition) is 6. The zero-order valence-electron chi connectivity index (χ0n) is 30.2. The van der Waals surface area contributed by atoms with Crippen LogP contribution in [0.3, 0.4) is 0 Å². The van der Waals surface area contributed by atoms with Gasteiger partial charge in [-0.3, -0.25) is 19.4 Å². The van der Waals surface area contributed by atoms with Gasteiger partial charge in [0.05, 0.1) is 61.1 Å². The number of nitrogens with zero attached hydrogens (tertiary/aromatic N) is 1. The van der Waals surface area contributed by atoms with E-state index in [1.165, 1.54) is 33.3 Å². The Morgan fingerprint density at radius 3 is 2.34 bits per heavy atom. The van der Waals surface area contributed by atoms with E-state index in [9.17, 15) is 44.7 Å². The van der Waals surface area contributed by atoms with Gasteiger partial charge in [0.15, 0.2) is 11.2 Å². The molecule has 2 aromatic carbocycles. The van der Waals surface area contributed by atoms with Crippen LogP contribution in [0.5, 0.6) is 11.5 Å². The first kappa shape index (κ1) is 38.2. The first-order valence-corrected chi connectivity index (χ1v) is 16.9. The number of aliphatic hydroxyl groups excluding tert-OH is 2. The number of aromatic hydroxyl groups is 2. The lowest BCUT2D eigenvalue weighted by atomic mass is 9.56. The SMILES string of the molecule is COCC/N=C1\C=C(N[C@H]2O[C@@H](C)[C@H](OC)[C@@H](O)[C@H]2C)C(=O)c2cc3c(c(O)c21)C(=O)[C@]1(OC)[C@H](O)Cc2cc(C)c(C(=O)OC)c(O)c2[C@]1(O)C3=O. The first-order valence-electron chi connectivity index (χ1n) is 16.9. The van der Waals surface area contributed by atoms with E-state index < -0.39 is 111 Å². The summed E-state index contributed by atoms with van der Waals surface area (Å²) < 4.78 is 27.0. The molecule has 16 nitrogen and oxygen atoms in total. The number of aliphatic hydroxyl groups is 3. The van der Waals surface area contributed by atoms with Gasteiger partial charge in [-0.25, -0.2) is 4.79 Å². The molecule has 284 valence electrons. The minimum atomic E-state index is -3.18. The third-order valence-electron chi connectivity index (χ3n) is 10.9. The summed E-state index contributed by atoms with van der Waals surface area (Å²) in [6, 6.07) is 2.40. The van der Waals surface area contributed by atoms with Gasteiger partial charge in [-0.1, -0.05) is 13.0 Å². The van der Waals surface area contributed by atoms with Crippen molar-refractivity contribution < 1.29 is 68.4 Å². The van der Waals surface area contributed by atoms with Crippen LogP contribution in [0.2, 0.25) is 0 Å². The number of aliphatic imine (C=N–C) groups is 1. The van der Waals surface area contributed by atoms with Crippen LogP contribution in [0.1, 0.15) is 77.5 Å². The van der Waals surface area contributed by atoms with E-state index in [1.807, 2.05) is 0 Å². The van der Waals surface area contributed by atoms with Gasteiger partial charge in [0.2, 0.25) is 17.3 Å². The fourth-order valence-corrected chi connectivity index (χ4v) is 8.19. The van der Waals surface area contributed by atoms with Crippen molar-refractivity contribution >= 4 is 29.0 Å². The quantitative estimate of drug-likeness (QED) is 0.161. The fraction of sp³-hybridized carbons (Fsp3) is 0.486. The number of nitrogens with one attached hydrogen (secondary N) is 1. The number of phenols is 2. The van der Waals surface area contributed by atoms with Crippen LogP contribution in [0.15, 0.2) is 28.9 Å². The van der Waals surface area contributed by atoms with Gasteiger partial charge < -0.3 is 54.5 Å². The monoisotopic (exact) mass is 738 g/mol. The van der Waals surface area contributed by atoms with E-state index in [0.29, 0.717) is 0 Å². The van der Waals surface area contributed by atoms with Gasteiger partial charge >= 0.3 is 5.97 Å². The number of fused-ring (bicyclic) bond motifs is 5. The summed E-state index contributed by atoms with van der Waals surface area (Å²) in [5.41, 5.74) is -8.61. The summed E-state index contributed by atoms with van der Waals surface area (Å²) in [5.74, 6) is -6.61. The van der Waals surface area contributed by atoms with Gasteiger partial charge in [-0.2, -0.15) is 0 Å². The van der Waals surface area contributed by atoms with Crippen molar-refractivity contribution in [3.63, 3.8) is 0 Å². The predicted octanol–water partition coefficient (Wildman–Crippen LogP) is 0.624. The second-order valence-corrected chi connectivity index (χ2v) is 13.6. The van der Waals surface area contributed by atoms with Gasteiger partial charge in [0.25, 0.3) is 0 Å². The molecule has 8 atom stereocenters. The van der Waals surface area contributed by atoms with Crippen LogP contribution < -0.4 is 5.32 Å². The van der Waals surface area contributed by atoms with Crippen molar-refractivity contribution in [2.24, 2.45) is 10.9 Å². The largest absolute Gasteiger partial charge is 0.507 e. The number of allylic oxidation sites excluding steroid dienone is 2. The third kappa shape index (κ3) is 5.26. The molecule has 1 fully saturated rings. The topological polar surface area (TPSA) is 240 Å². The number of hydrogen-bond acceptors (Lipinski definition) is 16. The summed E-state index contributed by atoms with van der Waals surface area (Å²) in [6.07, 6.45) is -4.09. The Morgan fingerprint density at radius 2 is 1.72 bits per heavy atom. The summed E-state index contributed by atoms with van der Waals surface area (Å²) in [4.78, 5) is 61.1. The maximum absolute atomic E-state index is 14.8. The number of ketones is 3. The normalized spacial score (nSPS) is 31.3. The molecular formula is C37H42N2O14. The summed E-state index contributed by atoms with van der Waals surface area (Å²) >= 11 is 0. The molecule has 0 amide bonds. The number of carbonyl (C=O) groups is 4. The second kappa shape index (κ2) is 13.7. The highest BCUT2D eigenvalue weighted by Gasteiger charge is 2.72. The van der Waals surface area contributed by atoms with Gasteiger partial charge in [0, 0.05) is 50.4 Å². The Bertz CT molecular complexity index is 1990. The summed E-state index contributed by atoms with van der Waals surface area (Å²) in [7, 11) is 4.94. The van der Waals surface area contributed by atoms with Gasteiger partial charge in [-0.05, 0) is 37.1 Å². The van der Waals surface area contributed by atoms with Crippen LogP contribution in [0, 0.1) is 12.8 Å². The molecule has 53 heavy (non-hydrogen) atoms. The Balaban J connectivity index is 1.56. The molecular weight excluding hydrogens is 696 g/mol. The molecule has 2 aromatic rings. The highest BCUT2D eigenvalue weighted by Crippen LogP contribution is 2.56. The minimum Gasteiger partial charge on any atom is -0.507 e. The van der Waals surface area contributed by atoms with Crippen molar-refractivity contribution in [2.75, 3.05) is 41.6 Å². The van der Waals surface area contributed by atoms with E-state index >= 15 is 0 Å². The van der Waals surface area contributed by atoms with Gasteiger partial charge in [0.1, 0.15) is 29.4 Å². The number of benzene rings is 2. The molecule has 6 rings (SSSR count). The molecule has 0 spiro atoms. The Kier molecular flexibility index (Phi) is 9.87. The Hall–Kier alpha value is -4.55. The van der Waals surface area contributed by atoms with Crippen LogP contribution in [-0.2, 0) is 35.7 Å². The van der Waals surface area contributed by atoms with E-state index in [-0.39, 0.29) is 46.8 Å². The smallest absolute Gasteiger partial charge is 0.341 e. The standard InChI is InChI=1S/C37H42N2O14/c1-14-10-17-11-22(40)37(52-7)33(46)25-19(32(45)36(37,48)26(17)30(44)23(14)35(47)51-6)12-18-24(29(25)43)20(38-8-9-49-4)13-21(28(18)42)39-34-15(2)27(41)31(50-5)16(3)53-34/h10,12-13,15-16,22,27,31,34,39-41,43-44,48H,8-9,11H2,1-7H3/b38-20+/t15-,16+,22-,27+,31+,34+,36+,37-/m1/s1. The Labute approximate surface area is 304 Å². The molecule has 0 aromatic heterocycles. The molecule has 3 aliphatic carbocycles. The molecule has 0 bridgehead atoms. The number of phenolic OH excluding ortho intramolecular Hbond substituents is 2. The van der Waals surface area contributed by atoms with E-state index in [4.69, 9.17) is 23.7 Å². The van der Waals surface area contributed by atoms with Crippen molar-refractivity contribution in [3.05, 3.63) is 68.4 Å². The zero-order chi connectivity index (χ0) is 38.9. The number of esters is 1. The third-order valence-corrected chi connectivity index (χ3v) is 10.9. The lowest BCUT2D eigenvalue weighted by Crippen LogP contribution is -2.73. The minimum absolute atomic E-state index is 0.0178. The van der Waals surface area contributed by atoms with E-state index in [2.05, 4.69) is 10.3 Å². The van der Waals surface area contributed by atoms with Crippen molar-refractivity contribution in [3.8, 4) is 11.5 Å². The average Bonchev–Trinajstić information content (AvgIpc) is 3.11. The van der Waals surface area contributed by atoms with Crippen molar-refractivity contribution in [1.82, 2.24) is 5.32 Å². The number of Topliss-reactive ketones (excluding diaryl/α,β-unsaturated/α-hetero) is 3. The molecule has 1 heterocycles. The molecule has 0 saturated carbocycles. The van der Waals surface area contributed by atoms with Crippen molar-refractivity contribution in [1.29, 1.82) is 0 Å². The average molecular weight is 739 g/mol. The highest BCUT2D eigenvalue weighted by atomic mass is 16.6. The van der Waals surface area contributed by atoms with E-state index in [0.717, 1.165) is 20.3 Å². The number of methoxy groups -OCH3 is 4. The molecule has 0 unspecified atom stereocenters. The van der Waals surface area contributed by atoms with E-state index in [1.54, 1.807) is 13.8 Å². The van der Waals surface area contributed by atoms with Crippen LogP contribution >= 0.6 is 0 Å². The molecule has 6 N–H and O–H groups in total. The molecule has 1 aliphatic heterocycles. The lowest BCUT2D eigenvalue weighted by molar-refractivity contribution is -0.204. The second-order valence-electron chi connectivity index (χ2n) is 13.6. The number of rotatable bonds is 8. The predicted molar refractivity (Wildman–Crippen MR) is 183 cm³/mol. The number of aryl methyl sites for hydroxylation is 1. The van der Waals surface area contributed by atoms with Crippen LogP contribution in [-0.4, -0.2) is 132 Å².